The van der Waals surface area contributed by atoms with Gasteiger partial charge in [-0.25, -0.2) is 4.79 Å². The van der Waals surface area contributed by atoms with Gasteiger partial charge in [-0.05, 0) is 22.8 Å². The second-order valence-corrected chi connectivity index (χ2v) is 6.66. The third-order valence-corrected chi connectivity index (χ3v) is 4.85. The van der Waals surface area contributed by atoms with E-state index in [-0.39, 0.29) is 6.54 Å². The lowest BCUT2D eigenvalue weighted by Gasteiger charge is -2.18. The lowest BCUT2D eigenvalue weighted by atomic mass is 9.96. The van der Waals surface area contributed by atoms with Crippen LogP contribution in [0.4, 0.5) is 18.0 Å². The number of carboxylic acids is 1. The predicted octanol–water partition coefficient (Wildman–Crippen LogP) is 3.29. The molecule has 1 fully saturated rings. The first kappa shape index (κ1) is 19.0. The highest BCUT2D eigenvalue weighted by Crippen LogP contribution is 2.37. The molecule has 2 amide bonds. The Balaban J connectivity index is 1.56. The molecule has 0 bridgehead atoms. The Labute approximate surface area is 153 Å². The fourth-order valence-corrected chi connectivity index (χ4v) is 3.37. The minimum absolute atomic E-state index is 0.252. The summed E-state index contributed by atoms with van der Waals surface area (Å²) in [5.41, 5.74) is 0.993. The van der Waals surface area contributed by atoms with E-state index in [2.05, 4.69) is 5.32 Å². The molecule has 3 rings (SSSR count). The first-order chi connectivity index (χ1) is 12.8. The van der Waals surface area contributed by atoms with E-state index < -0.39 is 43.1 Å². The first-order valence-corrected chi connectivity index (χ1v) is 8.55. The number of likely N-dealkylation sites (tertiary alicyclic amines) is 1. The van der Waals surface area contributed by atoms with Crippen LogP contribution in [0.15, 0.2) is 42.5 Å². The first-order valence-electron chi connectivity index (χ1n) is 8.55. The van der Waals surface area contributed by atoms with Crippen molar-refractivity contribution in [3.05, 3.63) is 48.0 Å². The Morgan fingerprint density at radius 1 is 1.11 bits per heavy atom. The molecule has 0 saturated carbocycles. The van der Waals surface area contributed by atoms with Crippen LogP contribution in [0.25, 0.3) is 10.8 Å². The third kappa shape index (κ3) is 4.32. The highest BCUT2D eigenvalue weighted by Gasteiger charge is 2.53. The summed E-state index contributed by atoms with van der Waals surface area (Å²) in [7, 11) is 0. The number of carbonyl (C=O) groups excluding carboxylic acids is 1. The fraction of sp³-hybridized carbons (Fsp3) is 0.368. The number of carbonyl (C=O) groups is 2. The largest absolute Gasteiger partial charge is 0.481 e. The van der Waals surface area contributed by atoms with Crippen molar-refractivity contribution >= 4 is 22.8 Å². The van der Waals surface area contributed by atoms with Gasteiger partial charge in [0.25, 0.3) is 0 Å². The van der Waals surface area contributed by atoms with Crippen molar-refractivity contribution in [3.63, 3.8) is 0 Å². The Bertz CT molecular complexity index is 853. The van der Waals surface area contributed by atoms with Gasteiger partial charge in [-0.3, -0.25) is 4.79 Å². The molecular formula is C19H19F3N2O3. The molecule has 27 heavy (non-hydrogen) atoms. The fourth-order valence-electron chi connectivity index (χ4n) is 3.37. The summed E-state index contributed by atoms with van der Waals surface area (Å²) in [6, 6.07) is 13.1. The highest BCUT2D eigenvalue weighted by molar-refractivity contribution is 5.83. The predicted molar refractivity (Wildman–Crippen MR) is 93.3 cm³/mol. The lowest BCUT2D eigenvalue weighted by molar-refractivity contribution is -0.187. The number of alkyl halides is 3. The van der Waals surface area contributed by atoms with Crippen LogP contribution in [-0.4, -0.2) is 47.8 Å². The van der Waals surface area contributed by atoms with Crippen molar-refractivity contribution in [1.82, 2.24) is 10.2 Å². The maximum atomic E-state index is 13.0. The van der Waals surface area contributed by atoms with Gasteiger partial charge in [0, 0.05) is 19.6 Å². The number of amides is 2. The van der Waals surface area contributed by atoms with E-state index in [1.165, 1.54) is 0 Å². The summed E-state index contributed by atoms with van der Waals surface area (Å²) in [5.74, 6) is -5.21. The number of rotatable bonds is 4. The second kappa shape index (κ2) is 7.46. The summed E-state index contributed by atoms with van der Waals surface area (Å²) in [6.45, 7) is -0.828. The van der Waals surface area contributed by atoms with Crippen molar-refractivity contribution in [1.29, 1.82) is 0 Å². The van der Waals surface area contributed by atoms with Crippen LogP contribution in [0, 0.1) is 11.8 Å². The molecule has 2 aromatic carbocycles. The van der Waals surface area contributed by atoms with Crippen molar-refractivity contribution in [2.24, 2.45) is 11.8 Å². The van der Waals surface area contributed by atoms with Gasteiger partial charge in [0.15, 0.2) is 0 Å². The number of halogens is 3. The van der Waals surface area contributed by atoms with E-state index in [0.717, 1.165) is 21.2 Å². The van der Waals surface area contributed by atoms with Crippen LogP contribution in [0.1, 0.15) is 5.56 Å². The van der Waals surface area contributed by atoms with Gasteiger partial charge in [0.1, 0.15) is 0 Å². The topological polar surface area (TPSA) is 69.6 Å². The van der Waals surface area contributed by atoms with Gasteiger partial charge in [-0.2, -0.15) is 13.2 Å². The Kier molecular flexibility index (Phi) is 5.25. The summed E-state index contributed by atoms with van der Waals surface area (Å²) < 4.78 is 39.0. The molecule has 5 nitrogen and oxygen atoms in total. The molecule has 1 aliphatic rings. The SMILES string of the molecule is O=C(O)[C@@H]1CN(C(=O)NCCc2ccc3ccccc3c2)C[C@H]1C(F)(F)F. The van der Waals surface area contributed by atoms with Crippen LogP contribution in [-0.2, 0) is 11.2 Å². The Morgan fingerprint density at radius 3 is 2.44 bits per heavy atom. The van der Waals surface area contributed by atoms with E-state index in [1.807, 2.05) is 42.5 Å². The molecule has 1 saturated heterocycles. The van der Waals surface area contributed by atoms with E-state index in [0.29, 0.717) is 6.42 Å². The van der Waals surface area contributed by atoms with Crippen molar-refractivity contribution in [3.8, 4) is 0 Å². The standard InChI is InChI=1S/C19H19F3N2O3/c20-19(21,22)16-11-24(10-15(16)17(25)26)18(27)23-8-7-12-5-6-13-3-1-2-4-14(13)9-12/h1-6,9,15-16H,7-8,10-11H2,(H,23,27)(H,25,26)/t15-,16-/m1/s1. The maximum Gasteiger partial charge on any atom is 0.394 e. The molecule has 8 heteroatoms. The quantitative estimate of drug-likeness (QED) is 0.855. The zero-order valence-electron chi connectivity index (χ0n) is 14.4. The number of hydrogen-bond donors (Lipinski definition) is 2. The number of fused-ring (bicyclic) bond motifs is 1. The summed E-state index contributed by atoms with van der Waals surface area (Å²) in [5, 5.41) is 13.7. The number of carboxylic acid groups (broad SMARTS) is 1. The Morgan fingerprint density at radius 2 is 1.81 bits per heavy atom. The minimum Gasteiger partial charge on any atom is -0.481 e. The van der Waals surface area contributed by atoms with Gasteiger partial charge in [0.05, 0.1) is 11.8 Å². The van der Waals surface area contributed by atoms with E-state index in [9.17, 15) is 22.8 Å². The molecule has 0 spiro atoms. The summed E-state index contributed by atoms with van der Waals surface area (Å²) in [4.78, 5) is 24.1. The lowest BCUT2D eigenvalue weighted by Crippen LogP contribution is -2.40. The molecule has 1 heterocycles. The average molecular weight is 380 g/mol. The van der Waals surface area contributed by atoms with Crippen LogP contribution >= 0.6 is 0 Å². The molecule has 0 aromatic heterocycles. The number of aliphatic carboxylic acids is 1. The number of benzene rings is 2. The molecular weight excluding hydrogens is 361 g/mol. The highest BCUT2D eigenvalue weighted by atomic mass is 19.4. The van der Waals surface area contributed by atoms with Crippen molar-refractivity contribution in [2.75, 3.05) is 19.6 Å². The van der Waals surface area contributed by atoms with E-state index >= 15 is 0 Å². The number of hydrogen-bond acceptors (Lipinski definition) is 2. The van der Waals surface area contributed by atoms with Gasteiger partial charge < -0.3 is 15.3 Å². The number of nitrogens with zero attached hydrogens (tertiary/aromatic N) is 1. The summed E-state index contributed by atoms with van der Waals surface area (Å²) >= 11 is 0. The third-order valence-electron chi connectivity index (χ3n) is 4.85. The van der Waals surface area contributed by atoms with Gasteiger partial charge in [-0.1, -0.05) is 42.5 Å². The van der Waals surface area contributed by atoms with Crippen LogP contribution in [0.5, 0.6) is 0 Å². The second-order valence-electron chi connectivity index (χ2n) is 6.66. The summed E-state index contributed by atoms with van der Waals surface area (Å²) in [6.07, 6.45) is -4.13. The van der Waals surface area contributed by atoms with Crippen LogP contribution < -0.4 is 5.32 Å². The molecule has 0 aliphatic carbocycles. The molecule has 2 N–H and O–H groups in total. The zero-order chi connectivity index (χ0) is 19.6. The molecule has 2 aromatic rings. The molecule has 1 aliphatic heterocycles. The Hall–Kier alpha value is -2.77. The number of urea groups is 1. The van der Waals surface area contributed by atoms with Crippen LogP contribution in [0.2, 0.25) is 0 Å². The molecule has 0 radical (unpaired) electrons. The molecule has 2 atom stereocenters. The van der Waals surface area contributed by atoms with E-state index in [4.69, 9.17) is 5.11 Å². The maximum absolute atomic E-state index is 13.0. The van der Waals surface area contributed by atoms with Gasteiger partial charge in [0.2, 0.25) is 0 Å². The number of nitrogens with one attached hydrogen (secondary N) is 1. The zero-order valence-corrected chi connectivity index (χ0v) is 14.4. The van der Waals surface area contributed by atoms with Gasteiger partial charge >= 0.3 is 18.2 Å². The molecule has 0 unspecified atom stereocenters. The van der Waals surface area contributed by atoms with Gasteiger partial charge in [-0.15, -0.1) is 0 Å². The van der Waals surface area contributed by atoms with Crippen LogP contribution in [0.3, 0.4) is 0 Å². The monoisotopic (exact) mass is 380 g/mol. The van der Waals surface area contributed by atoms with Crippen molar-refractivity contribution in [2.45, 2.75) is 12.6 Å². The van der Waals surface area contributed by atoms with Crippen molar-refractivity contribution < 1.29 is 27.9 Å². The smallest absolute Gasteiger partial charge is 0.394 e. The normalized spacial score (nSPS) is 20.0. The average Bonchev–Trinajstić information content (AvgIpc) is 3.08. The molecule has 144 valence electrons. The minimum atomic E-state index is -4.65. The van der Waals surface area contributed by atoms with E-state index in [1.54, 1.807) is 0 Å².